The largest absolute Gasteiger partial charge is 0.294 e. The van der Waals surface area contributed by atoms with E-state index in [1.807, 2.05) is 24.3 Å². The lowest BCUT2D eigenvalue weighted by atomic mass is 10.2. The number of carbonyl (C=O) groups excluding carboxylic acids is 1. The van der Waals surface area contributed by atoms with Gasteiger partial charge in [-0.3, -0.25) is 9.36 Å². The Morgan fingerprint density at radius 3 is 2.84 bits per heavy atom. The summed E-state index contributed by atoms with van der Waals surface area (Å²) in [7, 11) is 0. The van der Waals surface area contributed by atoms with Crippen LogP contribution in [0.2, 0.25) is 0 Å². The van der Waals surface area contributed by atoms with Crippen molar-refractivity contribution in [3.8, 4) is 0 Å². The second-order valence-electron chi connectivity index (χ2n) is 4.13. The van der Waals surface area contributed by atoms with Crippen LogP contribution in [0.4, 0.5) is 0 Å². The summed E-state index contributed by atoms with van der Waals surface area (Å²) in [6, 6.07) is 7.50. The molecule has 0 spiro atoms. The van der Waals surface area contributed by atoms with Crippen LogP contribution >= 0.6 is 0 Å². The first-order chi connectivity index (χ1) is 9.27. The fourth-order valence-electron chi connectivity index (χ4n) is 2.30. The van der Waals surface area contributed by atoms with Crippen LogP contribution < -0.4 is 0 Å². The Bertz CT molecular complexity index is 952. The maximum Gasteiger partial charge on any atom is 0.294 e. The van der Waals surface area contributed by atoms with Crippen molar-refractivity contribution in [3.63, 3.8) is 0 Å². The molecule has 0 bridgehead atoms. The fourth-order valence-corrected chi connectivity index (χ4v) is 2.30. The molecule has 0 aliphatic carbocycles. The summed E-state index contributed by atoms with van der Waals surface area (Å²) in [5, 5.41) is 20.1. The highest BCUT2D eigenvalue weighted by atomic mass is 16.1. The highest BCUT2D eigenvalue weighted by molar-refractivity contribution is 6.10. The number of benzene rings is 1. The summed E-state index contributed by atoms with van der Waals surface area (Å²) < 4.78 is 2.96. The van der Waals surface area contributed by atoms with E-state index in [0.29, 0.717) is 11.2 Å². The Labute approximate surface area is 105 Å². The normalized spacial score (nSPS) is 11.6. The zero-order valence-electron chi connectivity index (χ0n) is 9.85. The number of aromatic nitrogens is 7. The average Bonchev–Trinajstić information content (AvgIpc) is 3.00. The molecule has 0 N–H and O–H groups in total. The number of nitrogens with zero attached hydrogens (tertiary/aromatic N) is 7. The monoisotopic (exact) mass is 253 g/mol. The topological polar surface area (TPSA) is 90.9 Å². The van der Waals surface area contributed by atoms with E-state index >= 15 is 0 Å². The van der Waals surface area contributed by atoms with Crippen molar-refractivity contribution in [2.24, 2.45) is 0 Å². The summed E-state index contributed by atoms with van der Waals surface area (Å²) in [5.74, 6) is 0.133. The van der Waals surface area contributed by atoms with E-state index in [0.717, 1.165) is 10.9 Å². The quantitative estimate of drug-likeness (QED) is 0.457. The van der Waals surface area contributed by atoms with Gasteiger partial charge in [0.1, 0.15) is 5.52 Å². The summed E-state index contributed by atoms with van der Waals surface area (Å²) in [4.78, 5) is 11.9. The molecular weight excluding hydrogens is 246 g/mol. The van der Waals surface area contributed by atoms with Crippen molar-refractivity contribution < 1.29 is 4.79 Å². The zero-order chi connectivity index (χ0) is 13.0. The van der Waals surface area contributed by atoms with E-state index in [1.54, 1.807) is 4.57 Å². The minimum Gasteiger partial charge on any atom is -0.274 e. The molecule has 0 aliphatic rings. The standard InChI is InChI=1S/C11H7N7O/c1-6(19)17-8-5-3-2-4-7(8)9-10(17)18-11(13-12-9)14-15-16-18/h2-5H,1H3. The van der Waals surface area contributed by atoms with Crippen LogP contribution in [0.15, 0.2) is 24.3 Å². The van der Waals surface area contributed by atoms with E-state index in [4.69, 9.17) is 0 Å². The molecule has 0 atom stereocenters. The van der Waals surface area contributed by atoms with Gasteiger partial charge in [0.25, 0.3) is 5.78 Å². The molecule has 4 aromatic rings. The van der Waals surface area contributed by atoms with Gasteiger partial charge in [-0.05, 0) is 16.5 Å². The first-order valence-corrected chi connectivity index (χ1v) is 5.62. The maximum atomic E-state index is 11.9. The third-order valence-corrected chi connectivity index (χ3v) is 3.03. The van der Waals surface area contributed by atoms with Crippen LogP contribution in [-0.4, -0.2) is 40.7 Å². The number of carbonyl (C=O) groups is 1. The van der Waals surface area contributed by atoms with Crippen molar-refractivity contribution >= 4 is 33.8 Å². The van der Waals surface area contributed by atoms with Crippen LogP contribution in [0.25, 0.3) is 27.8 Å². The molecule has 1 aromatic carbocycles. The molecule has 0 radical (unpaired) electrons. The van der Waals surface area contributed by atoms with Crippen LogP contribution in [-0.2, 0) is 0 Å². The molecular formula is C11H7N7O. The fraction of sp³-hybridized carbons (Fsp3) is 0.0909. The van der Waals surface area contributed by atoms with Gasteiger partial charge in [0.15, 0.2) is 5.65 Å². The number of tetrazole rings is 1. The number of para-hydroxylation sites is 1. The molecule has 4 rings (SSSR count). The van der Waals surface area contributed by atoms with Gasteiger partial charge in [-0.15, -0.1) is 10.2 Å². The van der Waals surface area contributed by atoms with Crippen LogP contribution in [0.5, 0.6) is 0 Å². The van der Waals surface area contributed by atoms with Gasteiger partial charge in [0.2, 0.25) is 5.91 Å². The molecule has 0 fully saturated rings. The Hall–Kier alpha value is -2.90. The van der Waals surface area contributed by atoms with Gasteiger partial charge in [-0.25, -0.2) is 0 Å². The van der Waals surface area contributed by atoms with Crippen molar-refractivity contribution in [1.29, 1.82) is 0 Å². The van der Waals surface area contributed by atoms with Crippen molar-refractivity contribution in [1.82, 2.24) is 34.8 Å². The Balaban J connectivity index is 2.41. The van der Waals surface area contributed by atoms with E-state index in [1.165, 1.54) is 11.4 Å². The van der Waals surface area contributed by atoms with E-state index in [-0.39, 0.29) is 11.7 Å². The van der Waals surface area contributed by atoms with Crippen molar-refractivity contribution in [2.45, 2.75) is 6.92 Å². The molecule has 0 amide bonds. The smallest absolute Gasteiger partial charge is 0.274 e. The molecule has 8 nitrogen and oxygen atoms in total. The third-order valence-electron chi connectivity index (χ3n) is 3.03. The molecule has 8 heteroatoms. The van der Waals surface area contributed by atoms with Crippen LogP contribution in [0.1, 0.15) is 11.7 Å². The maximum absolute atomic E-state index is 11.9. The summed E-state index contributed by atoms with van der Waals surface area (Å²) >= 11 is 0. The Morgan fingerprint density at radius 1 is 1.16 bits per heavy atom. The first kappa shape index (κ1) is 10.1. The molecule has 0 unspecified atom stereocenters. The van der Waals surface area contributed by atoms with Crippen LogP contribution in [0, 0.1) is 0 Å². The number of fused-ring (bicyclic) bond motifs is 5. The number of rotatable bonds is 0. The lowest BCUT2D eigenvalue weighted by molar-refractivity contribution is 0.0945. The molecule has 0 aliphatic heterocycles. The SMILES string of the molecule is CC(=O)n1c2ccccc2c2nnc3nnnn3c21. The average molecular weight is 253 g/mol. The Kier molecular flexibility index (Phi) is 1.75. The zero-order valence-corrected chi connectivity index (χ0v) is 9.85. The lowest BCUT2D eigenvalue weighted by Crippen LogP contribution is -2.09. The third kappa shape index (κ3) is 1.17. The number of hydrogen-bond acceptors (Lipinski definition) is 6. The van der Waals surface area contributed by atoms with Gasteiger partial charge < -0.3 is 0 Å². The molecule has 92 valence electrons. The minimum atomic E-state index is -0.129. The summed E-state index contributed by atoms with van der Waals surface area (Å²) in [6.45, 7) is 1.49. The van der Waals surface area contributed by atoms with Crippen molar-refractivity contribution in [2.75, 3.05) is 0 Å². The first-order valence-electron chi connectivity index (χ1n) is 5.62. The second-order valence-corrected chi connectivity index (χ2v) is 4.13. The van der Waals surface area contributed by atoms with Gasteiger partial charge in [0, 0.05) is 12.3 Å². The van der Waals surface area contributed by atoms with E-state index in [2.05, 4.69) is 25.7 Å². The summed E-state index contributed by atoms with van der Waals surface area (Å²) in [6.07, 6.45) is 0. The van der Waals surface area contributed by atoms with Gasteiger partial charge in [-0.1, -0.05) is 23.3 Å². The minimum absolute atomic E-state index is 0.129. The second kappa shape index (κ2) is 3.31. The predicted octanol–water partition coefficient (Wildman–Crippen LogP) is 0.682. The lowest BCUT2D eigenvalue weighted by Gasteiger charge is -2.00. The van der Waals surface area contributed by atoms with E-state index < -0.39 is 0 Å². The van der Waals surface area contributed by atoms with Crippen molar-refractivity contribution in [3.05, 3.63) is 24.3 Å². The Morgan fingerprint density at radius 2 is 2.00 bits per heavy atom. The molecule has 3 aromatic heterocycles. The molecule has 0 saturated carbocycles. The molecule has 0 saturated heterocycles. The highest BCUT2D eigenvalue weighted by Gasteiger charge is 2.18. The molecule has 3 heterocycles. The van der Waals surface area contributed by atoms with Gasteiger partial charge in [-0.2, -0.15) is 4.52 Å². The van der Waals surface area contributed by atoms with E-state index in [9.17, 15) is 4.79 Å². The predicted molar refractivity (Wildman–Crippen MR) is 65.7 cm³/mol. The number of hydrogen-bond donors (Lipinski definition) is 0. The van der Waals surface area contributed by atoms with Crippen LogP contribution in [0.3, 0.4) is 0 Å². The van der Waals surface area contributed by atoms with Gasteiger partial charge >= 0.3 is 0 Å². The molecule has 19 heavy (non-hydrogen) atoms. The summed E-state index contributed by atoms with van der Waals surface area (Å²) in [5.41, 5.74) is 1.90. The van der Waals surface area contributed by atoms with Gasteiger partial charge in [0.05, 0.1) is 5.52 Å². The highest BCUT2D eigenvalue weighted by Crippen LogP contribution is 2.26.